The minimum absolute atomic E-state index is 0. The topological polar surface area (TPSA) is 27.7 Å². The summed E-state index contributed by atoms with van der Waals surface area (Å²) < 4.78 is 5.35. The van der Waals surface area contributed by atoms with Gasteiger partial charge in [0.2, 0.25) is 0 Å². The molecule has 4 nitrogen and oxygen atoms in total. The SMILES string of the molecule is CC1CNCCN1CCN1CCOCC1.Cl.Cl. The summed E-state index contributed by atoms with van der Waals surface area (Å²) in [6.07, 6.45) is 0. The lowest BCUT2D eigenvalue weighted by molar-refractivity contribution is 0.0300. The van der Waals surface area contributed by atoms with E-state index in [0.717, 1.165) is 39.4 Å². The van der Waals surface area contributed by atoms with Crippen LogP contribution in [0.15, 0.2) is 0 Å². The Morgan fingerprint density at radius 1 is 1.12 bits per heavy atom. The van der Waals surface area contributed by atoms with Crippen molar-refractivity contribution < 1.29 is 4.74 Å². The molecule has 2 aliphatic rings. The van der Waals surface area contributed by atoms with Crippen molar-refractivity contribution in [3.63, 3.8) is 0 Å². The Bertz CT molecular complexity index is 192. The summed E-state index contributed by atoms with van der Waals surface area (Å²) >= 11 is 0. The molecule has 104 valence electrons. The maximum Gasteiger partial charge on any atom is 0.0594 e. The van der Waals surface area contributed by atoms with Gasteiger partial charge in [0.15, 0.2) is 0 Å². The predicted octanol–water partition coefficient (Wildman–Crippen LogP) is 0.456. The number of hydrogen-bond donors (Lipinski definition) is 1. The second-order valence-corrected chi connectivity index (χ2v) is 4.54. The van der Waals surface area contributed by atoms with Crippen molar-refractivity contribution in [2.24, 2.45) is 0 Å². The van der Waals surface area contributed by atoms with Crippen molar-refractivity contribution >= 4 is 24.8 Å². The van der Waals surface area contributed by atoms with Crippen molar-refractivity contribution in [3.8, 4) is 0 Å². The van der Waals surface area contributed by atoms with E-state index in [0.29, 0.717) is 6.04 Å². The first-order chi connectivity index (χ1) is 7.36. The number of halogens is 2. The fourth-order valence-electron chi connectivity index (χ4n) is 2.31. The van der Waals surface area contributed by atoms with Crippen LogP contribution < -0.4 is 5.32 Å². The molecule has 2 heterocycles. The molecule has 0 aromatic heterocycles. The van der Waals surface area contributed by atoms with Crippen LogP contribution in [0.2, 0.25) is 0 Å². The maximum atomic E-state index is 5.35. The summed E-state index contributed by atoms with van der Waals surface area (Å²) in [5, 5.41) is 3.43. The van der Waals surface area contributed by atoms with Gasteiger partial charge in [0.1, 0.15) is 0 Å². The van der Waals surface area contributed by atoms with Crippen LogP contribution in [0.3, 0.4) is 0 Å². The molecule has 0 radical (unpaired) electrons. The first-order valence-corrected chi connectivity index (χ1v) is 6.11. The molecule has 0 saturated carbocycles. The zero-order chi connectivity index (χ0) is 10.5. The Balaban J connectivity index is 0.00000128. The molecule has 0 bridgehead atoms. The van der Waals surface area contributed by atoms with Crippen LogP contribution in [0.25, 0.3) is 0 Å². The van der Waals surface area contributed by atoms with E-state index in [1.807, 2.05) is 0 Å². The van der Waals surface area contributed by atoms with E-state index in [4.69, 9.17) is 4.74 Å². The van der Waals surface area contributed by atoms with E-state index in [1.54, 1.807) is 0 Å². The third-order valence-corrected chi connectivity index (χ3v) is 3.45. The second-order valence-electron chi connectivity index (χ2n) is 4.54. The molecule has 2 saturated heterocycles. The summed E-state index contributed by atoms with van der Waals surface area (Å²) in [4.78, 5) is 5.10. The van der Waals surface area contributed by atoms with Crippen LogP contribution >= 0.6 is 24.8 Å². The lowest BCUT2D eigenvalue weighted by Gasteiger charge is -2.36. The molecule has 0 spiro atoms. The standard InChI is InChI=1S/C11H23N3O.2ClH/c1-11-10-12-2-3-14(11)5-4-13-6-8-15-9-7-13;;/h11-12H,2-10H2,1H3;2*1H. The van der Waals surface area contributed by atoms with Crippen molar-refractivity contribution in [2.75, 3.05) is 59.0 Å². The van der Waals surface area contributed by atoms with Gasteiger partial charge >= 0.3 is 0 Å². The van der Waals surface area contributed by atoms with Crippen LogP contribution in [0, 0.1) is 0 Å². The Hall–Kier alpha value is 0.420. The van der Waals surface area contributed by atoms with Crippen LogP contribution in [-0.4, -0.2) is 74.9 Å². The molecular formula is C11H25Cl2N3O. The van der Waals surface area contributed by atoms with Crippen molar-refractivity contribution in [3.05, 3.63) is 0 Å². The third kappa shape index (κ3) is 5.73. The number of nitrogens with zero attached hydrogens (tertiary/aromatic N) is 2. The van der Waals surface area contributed by atoms with Crippen LogP contribution in [0.1, 0.15) is 6.92 Å². The van der Waals surface area contributed by atoms with Gasteiger partial charge in [-0.05, 0) is 6.92 Å². The smallest absolute Gasteiger partial charge is 0.0594 e. The largest absolute Gasteiger partial charge is 0.379 e. The average molecular weight is 286 g/mol. The lowest BCUT2D eigenvalue weighted by Crippen LogP contribution is -2.52. The van der Waals surface area contributed by atoms with Crippen molar-refractivity contribution in [1.82, 2.24) is 15.1 Å². The fraction of sp³-hybridized carbons (Fsp3) is 1.00. The van der Waals surface area contributed by atoms with Gasteiger partial charge in [-0.1, -0.05) is 0 Å². The molecule has 1 atom stereocenters. The fourth-order valence-corrected chi connectivity index (χ4v) is 2.31. The number of morpholine rings is 1. The van der Waals surface area contributed by atoms with Crippen molar-refractivity contribution in [1.29, 1.82) is 0 Å². The summed E-state index contributed by atoms with van der Waals surface area (Å²) in [6.45, 7) is 12.3. The van der Waals surface area contributed by atoms with Gasteiger partial charge < -0.3 is 10.1 Å². The van der Waals surface area contributed by atoms with Crippen molar-refractivity contribution in [2.45, 2.75) is 13.0 Å². The van der Waals surface area contributed by atoms with Crippen LogP contribution in [0.5, 0.6) is 0 Å². The van der Waals surface area contributed by atoms with Gasteiger partial charge in [-0.15, -0.1) is 24.8 Å². The normalized spacial score (nSPS) is 27.0. The van der Waals surface area contributed by atoms with E-state index in [9.17, 15) is 0 Å². The molecule has 0 aromatic carbocycles. The van der Waals surface area contributed by atoms with Gasteiger partial charge in [0.05, 0.1) is 13.2 Å². The van der Waals surface area contributed by atoms with E-state index >= 15 is 0 Å². The molecule has 2 fully saturated rings. The van der Waals surface area contributed by atoms with Crippen LogP contribution in [0.4, 0.5) is 0 Å². The first-order valence-electron chi connectivity index (χ1n) is 6.11. The molecule has 0 amide bonds. The molecule has 0 aliphatic carbocycles. The maximum absolute atomic E-state index is 5.35. The minimum Gasteiger partial charge on any atom is -0.379 e. The molecule has 1 N–H and O–H groups in total. The van der Waals surface area contributed by atoms with E-state index in [1.165, 1.54) is 19.6 Å². The number of rotatable bonds is 3. The zero-order valence-electron chi connectivity index (χ0n) is 10.6. The lowest BCUT2D eigenvalue weighted by atomic mass is 10.2. The highest BCUT2D eigenvalue weighted by atomic mass is 35.5. The third-order valence-electron chi connectivity index (χ3n) is 3.45. The zero-order valence-corrected chi connectivity index (χ0v) is 12.2. The number of ether oxygens (including phenoxy) is 1. The highest BCUT2D eigenvalue weighted by molar-refractivity contribution is 5.85. The van der Waals surface area contributed by atoms with E-state index in [2.05, 4.69) is 22.0 Å². The molecule has 0 aromatic rings. The van der Waals surface area contributed by atoms with E-state index < -0.39 is 0 Å². The minimum atomic E-state index is 0. The Morgan fingerprint density at radius 2 is 1.82 bits per heavy atom. The second kappa shape index (κ2) is 9.36. The summed E-state index contributed by atoms with van der Waals surface area (Å²) in [5.41, 5.74) is 0. The molecule has 2 aliphatic heterocycles. The average Bonchev–Trinajstić information content (AvgIpc) is 2.29. The van der Waals surface area contributed by atoms with Gasteiger partial charge in [-0.3, -0.25) is 9.80 Å². The number of nitrogens with one attached hydrogen (secondary N) is 1. The Labute approximate surface area is 117 Å². The van der Waals surface area contributed by atoms with E-state index in [-0.39, 0.29) is 24.8 Å². The summed E-state index contributed by atoms with van der Waals surface area (Å²) in [5.74, 6) is 0. The first kappa shape index (κ1) is 17.4. The van der Waals surface area contributed by atoms with Gasteiger partial charge in [0, 0.05) is 51.9 Å². The molecule has 17 heavy (non-hydrogen) atoms. The molecule has 2 rings (SSSR count). The highest BCUT2D eigenvalue weighted by Crippen LogP contribution is 2.03. The molecule has 1 unspecified atom stereocenters. The number of hydrogen-bond acceptors (Lipinski definition) is 4. The monoisotopic (exact) mass is 285 g/mol. The Morgan fingerprint density at radius 3 is 2.47 bits per heavy atom. The highest BCUT2D eigenvalue weighted by Gasteiger charge is 2.18. The van der Waals surface area contributed by atoms with Gasteiger partial charge in [-0.2, -0.15) is 0 Å². The van der Waals surface area contributed by atoms with Gasteiger partial charge in [-0.25, -0.2) is 0 Å². The quantitative estimate of drug-likeness (QED) is 0.815. The van der Waals surface area contributed by atoms with Gasteiger partial charge in [0.25, 0.3) is 0 Å². The van der Waals surface area contributed by atoms with Crippen LogP contribution in [-0.2, 0) is 4.74 Å². The molecule has 6 heteroatoms. The summed E-state index contributed by atoms with van der Waals surface area (Å²) in [6, 6.07) is 0.694. The molecular weight excluding hydrogens is 261 g/mol. The Kier molecular flexibility index (Phi) is 9.59. The predicted molar refractivity (Wildman–Crippen MR) is 75.7 cm³/mol. The summed E-state index contributed by atoms with van der Waals surface area (Å²) in [7, 11) is 0. The number of piperazine rings is 1.